The van der Waals surface area contributed by atoms with E-state index in [0.717, 1.165) is 12.1 Å². The predicted octanol–water partition coefficient (Wildman–Crippen LogP) is 3.64. The van der Waals surface area contributed by atoms with Crippen LogP contribution in [0.25, 0.3) is 11.4 Å². The lowest BCUT2D eigenvalue weighted by Gasteiger charge is -2.10. The van der Waals surface area contributed by atoms with Gasteiger partial charge in [0.25, 0.3) is 5.91 Å². The molecule has 2 aromatic carbocycles. The van der Waals surface area contributed by atoms with E-state index in [2.05, 4.69) is 15.5 Å². The van der Waals surface area contributed by atoms with Crippen molar-refractivity contribution < 1.29 is 22.5 Å². The third kappa shape index (κ3) is 3.68. The maximum atomic E-state index is 13.6. The Balaban J connectivity index is 1.74. The van der Waals surface area contributed by atoms with Gasteiger partial charge in [0.2, 0.25) is 11.7 Å². The molecule has 3 rings (SSSR count). The van der Waals surface area contributed by atoms with Crippen LogP contribution in [0.3, 0.4) is 0 Å². The van der Waals surface area contributed by atoms with Gasteiger partial charge < -0.3 is 9.84 Å². The topological polar surface area (TPSA) is 68.0 Å². The number of hydrogen-bond acceptors (Lipinski definition) is 4. The van der Waals surface area contributed by atoms with Crippen molar-refractivity contribution >= 4 is 5.91 Å². The van der Waals surface area contributed by atoms with E-state index in [1.165, 1.54) is 24.3 Å². The number of benzene rings is 2. The molecule has 8 heteroatoms. The summed E-state index contributed by atoms with van der Waals surface area (Å²) in [6.07, 6.45) is 0. The molecule has 25 heavy (non-hydrogen) atoms. The van der Waals surface area contributed by atoms with E-state index >= 15 is 0 Å². The zero-order valence-corrected chi connectivity index (χ0v) is 13.0. The highest BCUT2D eigenvalue weighted by Gasteiger charge is 2.20. The smallest absolute Gasteiger partial charge is 0.254 e. The van der Waals surface area contributed by atoms with Crippen molar-refractivity contribution in [2.24, 2.45) is 0 Å². The minimum absolute atomic E-state index is 0.0928. The summed E-state index contributed by atoms with van der Waals surface area (Å²) in [4.78, 5) is 16.2. The zero-order valence-electron chi connectivity index (χ0n) is 13.0. The van der Waals surface area contributed by atoms with Gasteiger partial charge in [0.05, 0.1) is 5.56 Å². The standard InChI is InChI=1S/C17H12F3N3O2/c1-9(21-16(24)13-7-6-12(19)8-14(13)20)17-22-15(23-25-17)10-2-4-11(18)5-3-10/h2-9H,1H3,(H,21,24). The second kappa shape index (κ2) is 6.76. The number of aromatic nitrogens is 2. The Bertz CT molecular complexity index is 910. The Hall–Kier alpha value is -3.16. The first-order valence-corrected chi connectivity index (χ1v) is 7.29. The molecule has 1 aromatic heterocycles. The van der Waals surface area contributed by atoms with Crippen LogP contribution in [0.15, 0.2) is 47.0 Å². The first-order chi connectivity index (χ1) is 11.9. The molecule has 3 aromatic rings. The second-order valence-electron chi connectivity index (χ2n) is 5.28. The molecular weight excluding hydrogens is 335 g/mol. The Morgan fingerprint density at radius 1 is 1.08 bits per heavy atom. The summed E-state index contributed by atoms with van der Waals surface area (Å²) in [5.74, 6) is -2.56. The summed E-state index contributed by atoms with van der Waals surface area (Å²) in [5.41, 5.74) is 0.242. The fraction of sp³-hybridized carbons (Fsp3) is 0.118. The van der Waals surface area contributed by atoms with Crippen molar-refractivity contribution in [3.63, 3.8) is 0 Å². The monoisotopic (exact) mass is 347 g/mol. The minimum atomic E-state index is -0.970. The minimum Gasteiger partial charge on any atom is -0.340 e. The normalized spacial score (nSPS) is 12.0. The molecule has 0 aliphatic heterocycles. The number of halogens is 3. The largest absolute Gasteiger partial charge is 0.340 e. The summed E-state index contributed by atoms with van der Waals surface area (Å²) in [5, 5.41) is 6.25. The zero-order chi connectivity index (χ0) is 18.0. The molecule has 0 bridgehead atoms. The molecule has 0 radical (unpaired) electrons. The van der Waals surface area contributed by atoms with Gasteiger partial charge in [-0.15, -0.1) is 0 Å². The quantitative estimate of drug-likeness (QED) is 0.782. The fourth-order valence-electron chi connectivity index (χ4n) is 2.14. The van der Waals surface area contributed by atoms with Crippen molar-refractivity contribution in [2.75, 3.05) is 0 Å². The molecule has 0 saturated heterocycles. The molecule has 1 heterocycles. The molecule has 0 aliphatic rings. The molecule has 1 amide bonds. The summed E-state index contributed by atoms with van der Waals surface area (Å²) >= 11 is 0. The van der Waals surface area contributed by atoms with Gasteiger partial charge in [-0.25, -0.2) is 13.2 Å². The molecule has 0 spiro atoms. The van der Waals surface area contributed by atoms with Crippen LogP contribution in [0.5, 0.6) is 0 Å². The van der Waals surface area contributed by atoms with Crippen LogP contribution in [-0.2, 0) is 0 Å². The molecule has 128 valence electrons. The number of carbonyl (C=O) groups excluding carboxylic acids is 1. The third-order valence-electron chi connectivity index (χ3n) is 3.44. The van der Waals surface area contributed by atoms with Crippen molar-refractivity contribution in [3.8, 4) is 11.4 Å². The van der Waals surface area contributed by atoms with Gasteiger partial charge in [0.1, 0.15) is 23.5 Å². The van der Waals surface area contributed by atoms with Crippen LogP contribution in [0.2, 0.25) is 0 Å². The van der Waals surface area contributed by atoms with Crippen molar-refractivity contribution in [2.45, 2.75) is 13.0 Å². The predicted molar refractivity (Wildman–Crippen MR) is 81.9 cm³/mol. The lowest BCUT2D eigenvalue weighted by atomic mass is 10.2. The van der Waals surface area contributed by atoms with E-state index < -0.39 is 29.4 Å². The van der Waals surface area contributed by atoms with Crippen LogP contribution < -0.4 is 5.32 Å². The maximum Gasteiger partial charge on any atom is 0.254 e. The van der Waals surface area contributed by atoms with E-state index in [1.807, 2.05) is 0 Å². The van der Waals surface area contributed by atoms with Crippen LogP contribution in [0.1, 0.15) is 29.2 Å². The average molecular weight is 347 g/mol. The summed E-state index contributed by atoms with van der Waals surface area (Å²) < 4.78 is 44.5. The molecule has 1 N–H and O–H groups in total. The molecule has 0 saturated carbocycles. The van der Waals surface area contributed by atoms with Crippen molar-refractivity contribution in [1.82, 2.24) is 15.5 Å². The Kier molecular flexibility index (Phi) is 4.51. The lowest BCUT2D eigenvalue weighted by molar-refractivity contribution is 0.0928. The van der Waals surface area contributed by atoms with Crippen molar-refractivity contribution in [3.05, 3.63) is 71.4 Å². The summed E-state index contributed by atoms with van der Waals surface area (Å²) in [7, 11) is 0. The Morgan fingerprint density at radius 3 is 2.44 bits per heavy atom. The maximum absolute atomic E-state index is 13.6. The lowest BCUT2D eigenvalue weighted by Crippen LogP contribution is -2.27. The van der Waals surface area contributed by atoms with Gasteiger partial charge in [-0.1, -0.05) is 5.16 Å². The highest BCUT2D eigenvalue weighted by molar-refractivity contribution is 5.94. The van der Waals surface area contributed by atoms with Gasteiger partial charge in [0.15, 0.2) is 0 Å². The average Bonchev–Trinajstić information content (AvgIpc) is 3.05. The molecule has 1 unspecified atom stereocenters. The fourth-order valence-corrected chi connectivity index (χ4v) is 2.14. The van der Waals surface area contributed by atoms with Crippen LogP contribution in [0.4, 0.5) is 13.2 Å². The SMILES string of the molecule is CC(NC(=O)c1ccc(F)cc1F)c1nc(-c2ccc(F)cc2)no1. The van der Waals surface area contributed by atoms with Gasteiger partial charge in [-0.3, -0.25) is 4.79 Å². The van der Waals surface area contributed by atoms with Crippen LogP contribution in [0, 0.1) is 17.5 Å². The summed E-state index contributed by atoms with van der Waals surface area (Å²) in [6, 6.07) is 7.44. The van der Waals surface area contributed by atoms with Gasteiger partial charge in [-0.05, 0) is 43.3 Å². The first kappa shape index (κ1) is 16.7. The van der Waals surface area contributed by atoms with E-state index in [-0.39, 0.29) is 17.3 Å². The number of carbonyl (C=O) groups is 1. The number of amides is 1. The van der Waals surface area contributed by atoms with Gasteiger partial charge in [0, 0.05) is 11.6 Å². The Morgan fingerprint density at radius 2 is 1.76 bits per heavy atom. The number of nitrogens with one attached hydrogen (secondary N) is 1. The third-order valence-corrected chi connectivity index (χ3v) is 3.44. The summed E-state index contributed by atoms with van der Waals surface area (Å²) in [6.45, 7) is 1.57. The first-order valence-electron chi connectivity index (χ1n) is 7.29. The number of hydrogen-bond donors (Lipinski definition) is 1. The van der Waals surface area contributed by atoms with E-state index in [9.17, 15) is 18.0 Å². The van der Waals surface area contributed by atoms with Crippen LogP contribution in [-0.4, -0.2) is 16.0 Å². The molecular formula is C17H12F3N3O2. The van der Waals surface area contributed by atoms with E-state index in [0.29, 0.717) is 11.6 Å². The molecule has 1 atom stereocenters. The molecule has 5 nitrogen and oxygen atoms in total. The second-order valence-corrected chi connectivity index (χ2v) is 5.28. The molecule has 0 aliphatic carbocycles. The van der Waals surface area contributed by atoms with Gasteiger partial charge >= 0.3 is 0 Å². The van der Waals surface area contributed by atoms with E-state index in [1.54, 1.807) is 6.92 Å². The van der Waals surface area contributed by atoms with E-state index in [4.69, 9.17) is 4.52 Å². The Labute approximate surface area is 140 Å². The van der Waals surface area contributed by atoms with Crippen LogP contribution >= 0.6 is 0 Å². The highest BCUT2D eigenvalue weighted by Crippen LogP contribution is 2.19. The highest BCUT2D eigenvalue weighted by atomic mass is 19.1. The number of rotatable bonds is 4. The van der Waals surface area contributed by atoms with Gasteiger partial charge in [-0.2, -0.15) is 4.98 Å². The molecule has 0 fully saturated rings. The number of nitrogens with zero attached hydrogens (tertiary/aromatic N) is 2. The van der Waals surface area contributed by atoms with Crippen molar-refractivity contribution in [1.29, 1.82) is 0 Å².